The van der Waals surface area contributed by atoms with E-state index >= 15 is 0 Å². The number of carboxylic acid groups (broad SMARTS) is 1. The summed E-state index contributed by atoms with van der Waals surface area (Å²) in [7, 11) is 0. The Balaban J connectivity index is 4.05. The smallest absolute Gasteiger partial charge is 0.306 e. The van der Waals surface area contributed by atoms with Gasteiger partial charge in [-0.2, -0.15) is 0 Å². The first kappa shape index (κ1) is 36.6. The average molecular weight is 543 g/mol. The van der Waals surface area contributed by atoms with E-state index in [4.69, 9.17) is 9.84 Å². The third kappa shape index (κ3) is 30.0. The summed E-state index contributed by atoms with van der Waals surface area (Å²) in [6, 6.07) is 0. The van der Waals surface area contributed by atoms with E-state index in [-0.39, 0.29) is 18.5 Å². The molecule has 0 spiro atoms. The van der Waals surface area contributed by atoms with Crippen LogP contribution in [0.5, 0.6) is 0 Å². The number of rotatable bonds is 27. The molecule has 0 rings (SSSR count). The molecule has 0 heterocycles. The van der Waals surface area contributed by atoms with Crippen LogP contribution in [0.3, 0.4) is 0 Å². The molecule has 1 unspecified atom stereocenters. The SMILES string of the molecule is CC/C=C\C/C=C\C/C=C\C/C=C\C/C=C\CCCC(=O)OC(CCCCCCCC)CCCCCC(=O)O. The number of esters is 1. The Hall–Kier alpha value is -2.36. The minimum absolute atomic E-state index is 0.0257. The van der Waals surface area contributed by atoms with Crippen molar-refractivity contribution >= 4 is 11.9 Å². The van der Waals surface area contributed by atoms with Crippen molar-refractivity contribution in [2.75, 3.05) is 0 Å². The van der Waals surface area contributed by atoms with Crippen LogP contribution < -0.4 is 0 Å². The predicted molar refractivity (Wildman–Crippen MR) is 167 cm³/mol. The largest absolute Gasteiger partial charge is 0.481 e. The lowest BCUT2D eigenvalue weighted by Crippen LogP contribution is -2.18. The molecule has 0 fully saturated rings. The zero-order chi connectivity index (χ0) is 28.7. The van der Waals surface area contributed by atoms with Gasteiger partial charge in [0.05, 0.1) is 0 Å². The van der Waals surface area contributed by atoms with Crippen LogP contribution in [0.4, 0.5) is 0 Å². The molecule has 1 atom stereocenters. The van der Waals surface area contributed by atoms with E-state index in [0.29, 0.717) is 12.8 Å². The highest BCUT2D eigenvalue weighted by molar-refractivity contribution is 5.69. The molecule has 0 radical (unpaired) electrons. The van der Waals surface area contributed by atoms with Crippen molar-refractivity contribution in [3.63, 3.8) is 0 Å². The first-order valence-electron chi connectivity index (χ1n) is 15.8. The fourth-order valence-electron chi connectivity index (χ4n) is 4.22. The van der Waals surface area contributed by atoms with E-state index in [1.165, 1.54) is 32.1 Å². The number of carboxylic acids is 1. The summed E-state index contributed by atoms with van der Waals surface area (Å²) >= 11 is 0. The van der Waals surface area contributed by atoms with Gasteiger partial charge >= 0.3 is 11.9 Å². The summed E-state index contributed by atoms with van der Waals surface area (Å²) in [6.07, 6.45) is 40.9. The summed E-state index contributed by atoms with van der Waals surface area (Å²) in [5.41, 5.74) is 0. The highest BCUT2D eigenvalue weighted by Gasteiger charge is 2.14. The van der Waals surface area contributed by atoms with Crippen LogP contribution in [0.1, 0.15) is 142 Å². The quantitative estimate of drug-likeness (QED) is 0.0637. The van der Waals surface area contributed by atoms with Gasteiger partial charge in [0.25, 0.3) is 0 Å². The number of carbonyl (C=O) groups is 2. The topological polar surface area (TPSA) is 63.6 Å². The lowest BCUT2D eigenvalue weighted by molar-refractivity contribution is -0.150. The second-order valence-corrected chi connectivity index (χ2v) is 10.3. The van der Waals surface area contributed by atoms with Crippen LogP contribution in [0.2, 0.25) is 0 Å². The van der Waals surface area contributed by atoms with Gasteiger partial charge in [0, 0.05) is 12.8 Å². The third-order valence-corrected chi connectivity index (χ3v) is 6.50. The lowest BCUT2D eigenvalue weighted by atomic mass is 10.0. The lowest BCUT2D eigenvalue weighted by Gasteiger charge is -2.18. The molecule has 4 heteroatoms. The molecule has 0 aromatic carbocycles. The number of aliphatic carboxylic acids is 1. The van der Waals surface area contributed by atoms with Crippen molar-refractivity contribution < 1.29 is 19.4 Å². The maximum atomic E-state index is 12.4. The van der Waals surface area contributed by atoms with Crippen LogP contribution in [0.25, 0.3) is 0 Å². The van der Waals surface area contributed by atoms with Crippen LogP contribution in [-0.2, 0) is 14.3 Å². The summed E-state index contributed by atoms with van der Waals surface area (Å²) in [5, 5.41) is 8.80. The summed E-state index contributed by atoms with van der Waals surface area (Å²) in [6.45, 7) is 4.37. The molecule has 0 aliphatic rings. The molecule has 0 aliphatic heterocycles. The Kier molecular flexibility index (Phi) is 28.4. The van der Waals surface area contributed by atoms with E-state index in [9.17, 15) is 9.59 Å². The number of hydrogen-bond acceptors (Lipinski definition) is 3. The van der Waals surface area contributed by atoms with Gasteiger partial charge < -0.3 is 9.84 Å². The molecular weight excluding hydrogens is 484 g/mol. The maximum absolute atomic E-state index is 12.4. The van der Waals surface area contributed by atoms with Gasteiger partial charge in [-0.05, 0) is 77.0 Å². The molecule has 39 heavy (non-hydrogen) atoms. The minimum atomic E-state index is -0.738. The van der Waals surface area contributed by atoms with Crippen LogP contribution >= 0.6 is 0 Å². The number of hydrogen-bond donors (Lipinski definition) is 1. The summed E-state index contributed by atoms with van der Waals surface area (Å²) in [4.78, 5) is 23.1. The van der Waals surface area contributed by atoms with Crippen molar-refractivity contribution in [3.05, 3.63) is 60.8 Å². The van der Waals surface area contributed by atoms with Crippen molar-refractivity contribution in [1.82, 2.24) is 0 Å². The van der Waals surface area contributed by atoms with Crippen molar-refractivity contribution in [2.24, 2.45) is 0 Å². The molecule has 0 amide bonds. The molecule has 0 aromatic rings. The number of allylic oxidation sites excluding steroid dienone is 10. The molecule has 0 aromatic heterocycles. The van der Waals surface area contributed by atoms with Crippen LogP contribution in [0, 0.1) is 0 Å². The van der Waals surface area contributed by atoms with Gasteiger partial charge in [-0.15, -0.1) is 0 Å². The average Bonchev–Trinajstić information content (AvgIpc) is 2.91. The monoisotopic (exact) mass is 542 g/mol. The Morgan fingerprint density at radius 1 is 0.590 bits per heavy atom. The minimum Gasteiger partial charge on any atom is -0.481 e. The second kappa shape index (κ2) is 30.2. The van der Waals surface area contributed by atoms with E-state index in [1.807, 2.05) is 0 Å². The fraction of sp³-hybridized carbons (Fsp3) is 0.657. The highest BCUT2D eigenvalue weighted by Crippen LogP contribution is 2.17. The second-order valence-electron chi connectivity index (χ2n) is 10.3. The zero-order valence-electron chi connectivity index (χ0n) is 25.2. The van der Waals surface area contributed by atoms with Gasteiger partial charge in [-0.1, -0.05) is 113 Å². The van der Waals surface area contributed by atoms with E-state index < -0.39 is 5.97 Å². The Morgan fingerprint density at radius 3 is 1.62 bits per heavy atom. The molecule has 0 bridgehead atoms. The third-order valence-electron chi connectivity index (χ3n) is 6.50. The Morgan fingerprint density at radius 2 is 1.08 bits per heavy atom. The molecule has 4 nitrogen and oxygen atoms in total. The normalized spacial score (nSPS) is 13.1. The Bertz CT molecular complexity index is 714. The zero-order valence-corrected chi connectivity index (χ0v) is 25.2. The van der Waals surface area contributed by atoms with Crippen molar-refractivity contribution in [1.29, 1.82) is 0 Å². The van der Waals surface area contributed by atoms with Gasteiger partial charge in [0.15, 0.2) is 0 Å². The van der Waals surface area contributed by atoms with Gasteiger partial charge in [-0.3, -0.25) is 9.59 Å². The van der Waals surface area contributed by atoms with E-state index in [2.05, 4.69) is 74.6 Å². The number of unbranched alkanes of at least 4 members (excludes halogenated alkanes) is 8. The maximum Gasteiger partial charge on any atom is 0.306 e. The Labute approximate surface area is 240 Å². The molecule has 0 saturated heterocycles. The molecule has 0 aliphatic carbocycles. The van der Waals surface area contributed by atoms with Crippen LogP contribution in [-0.4, -0.2) is 23.1 Å². The van der Waals surface area contributed by atoms with Gasteiger partial charge in [0.1, 0.15) is 6.10 Å². The van der Waals surface area contributed by atoms with Crippen molar-refractivity contribution in [3.8, 4) is 0 Å². The molecular formula is C35H58O4. The van der Waals surface area contributed by atoms with E-state index in [1.54, 1.807) is 0 Å². The van der Waals surface area contributed by atoms with Gasteiger partial charge in [0.2, 0.25) is 0 Å². The fourth-order valence-corrected chi connectivity index (χ4v) is 4.22. The standard InChI is InChI=1S/C35H58O4/c1-3-5-7-9-11-12-13-14-15-16-17-18-19-20-21-23-28-32-35(38)39-33(29-25-22-10-8-6-4-2)30-26-24-27-31-34(36)37/h5,7,11-12,14-15,17-18,20-21,33H,3-4,6,8-10,13,16,19,22-32H2,1-2H3,(H,36,37)/b7-5-,12-11-,15-14-,18-17-,21-20-. The highest BCUT2D eigenvalue weighted by atomic mass is 16.5. The first-order valence-corrected chi connectivity index (χ1v) is 15.8. The summed E-state index contributed by atoms with van der Waals surface area (Å²) in [5.74, 6) is -0.832. The number of ether oxygens (including phenoxy) is 1. The van der Waals surface area contributed by atoms with E-state index in [0.717, 1.165) is 77.0 Å². The summed E-state index contributed by atoms with van der Waals surface area (Å²) < 4.78 is 5.83. The molecule has 222 valence electrons. The predicted octanol–water partition coefficient (Wildman–Crippen LogP) is 10.6. The van der Waals surface area contributed by atoms with Crippen molar-refractivity contribution in [2.45, 2.75) is 148 Å². The van der Waals surface area contributed by atoms with Gasteiger partial charge in [-0.25, -0.2) is 0 Å². The molecule has 0 saturated carbocycles. The van der Waals surface area contributed by atoms with Crippen LogP contribution in [0.15, 0.2) is 60.8 Å². The first-order chi connectivity index (χ1) is 19.1. The number of carbonyl (C=O) groups excluding carboxylic acids is 1. The molecule has 1 N–H and O–H groups in total.